The molecule has 0 amide bonds. The third-order valence-corrected chi connectivity index (χ3v) is 5.58. The second-order valence-corrected chi connectivity index (χ2v) is 7.24. The number of aromatic hydroxyl groups is 1. The molecule has 1 aliphatic rings. The molecule has 1 aromatic heterocycles. The highest BCUT2D eigenvalue weighted by Crippen LogP contribution is 2.41. The Morgan fingerprint density at radius 2 is 2.08 bits per heavy atom. The molecule has 0 fully saturated rings. The molecule has 130 valence electrons. The average Bonchev–Trinajstić information content (AvgIpc) is 2.94. The first-order valence-electron chi connectivity index (χ1n) is 8.55. The minimum absolute atomic E-state index is 0.191. The van der Waals surface area contributed by atoms with E-state index >= 15 is 0 Å². The van der Waals surface area contributed by atoms with E-state index in [9.17, 15) is 5.11 Å². The van der Waals surface area contributed by atoms with Crippen LogP contribution in [0.15, 0.2) is 41.8 Å². The number of benzene rings is 2. The fourth-order valence-corrected chi connectivity index (χ4v) is 4.37. The van der Waals surface area contributed by atoms with E-state index in [4.69, 9.17) is 9.84 Å². The Labute approximate surface area is 150 Å². The first-order valence-corrected chi connectivity index (χ1v) is 9.43. The van der Waals surface area contributed by atoms with Crippen molar-refractivity contribution in [1.29, 1.82) is 0 Å². The largest absolute Gasteiger partial charge is 0.504 e. The number of fused-ring (bicyclic) bond motifs is 2. The van der Waals surface area contributed by atoms with Crippen molar-refractivity contribution < 1.29 is 14.9 Å². The monoisotopic (exact) mass is 355 g/mol. The van der Waals surface area contributed by atoms with E-state index in [1.54, 1.807) is 17.4 Å². The van der Waals surface area contributed by atoms with Gasteiger partial charge in [0.2, 0.25) is 0 Å². The molecule has 2 heterocycles. The highest BCUT2D eigenvalue weighted by Gasteiger charge is 2.20. The van der Waals surface area contributed by atoms with Crippen LogP contribution in [0.4, 0.5) is 0 Å². The molecule has 0 saturated heterocycles. The molecule has 2 aromatic carbocycles. The van der Waals surface area contributed by atoms with E-state index in [1.807, 2.05) is 12.1 Å². The molecule has 0 radical (unpaired) electrons. The quantitative estimate of drug-likeness (QED) is 0.746. The Morgan fingerprint density at radius 1 is 1.20 bits per heavy atom. The number of aliphatic hydroxyl groups excluding tert-OH is 1. The SMILES string of the molecule is OCCCN1CCOc2c(O)cc(-c3csc4ccccc34)cc2C1. The molecular weight excluding hydrogens is 334 g/mol. The summed E-state index contributed by atoms with van der Waals surface area (Å²) in [7, 11) is 0. The Balaban J connectivity index is 1.74. The fraction of sp³-hybridized carbons (Fsp3) is 0.300. The summed E-state index contributed by atoms with van der Waals surface area (Å²) in [5.74, 6) is 0.793. The van der Waals surface area contributed by atoms with E-state index in [0.29, 0.717) is 12.4 Å². The van der Waals surface area contributed by atoms with Gasteiger partial charge in [0, 0.05) is 47.5 Å². The zero-order valence-electron chi connectivity index (χ0n) is 13.9. The Kier molecular flexibility index (Phi) is 4.61. The number of hydrogen-bond acceptors (Lipinski definition) is 5. The molecule has 3 aromatic rings. The maximum atomic E-state index is 10.5. The minimum Gasteiger partial charge on any atom is -0.504 e. The highest BCUT2D eigenvalue weighted by atomic mass is 32.1. The number of phenols is 1. The number of phenolic OH excluding ortho intramolecular Hbond substituents is 1. The fourth-order valence-electron chi connectivity index (χ4n) is 3.40. The maximum Gasteiger partial charge on any atom is 0.165 e. The lowest BCUT2D eigenvalue weighted by molar-refractivity contribution is 0.199. The van der Waals surface area contributed by atoms with Crippen LogP contribution in [0.2, 0.25) is 0 Å². The van der Waals surface area contributed by atoms with Crippen LogP contribution in [0.1, 0.15) is 12.0 Å². The number of ether oxygens (including phenoxy) is 1. The van der Waals surface area contributed by atoms with Gasteiger partial charge in [0.15, 0.2) is 11.5 Å². The number of thiophene rings is 1. The van der Waals surface area contributed by atoms with Crippen molar-refractivity contribution in [3.8, 4) is 22.6 Å². The van der Waals surface area contributed by atoms with Gasteiger partial charge in [0.1, 0.15) is 6.61 Å². The summed E-state index contributed by atoms with van der Waals surface area (Å²) in [5.41, 5.74) is 3.16. The van der Waals surface area contributed by atoms with Gasteiger partial charge < -0.3 is 14.9 Å². The summed E-state index contributed by atoms with van der Waals surface area (Å²) in [4.78, 5) is 2.26. The molecule has 4 rings (SSSR count). The van der Waals surface area contributed by atoms with Crippen molar-refractivity contribution in [3.63, 3.8) is 0 Å². The normalized spacial score (nSPS) is 14.9. The molecule has 25 heavy (non-hydrogen) atoms. The zero-order valence-corrected chi connectivity index (χ0v) is 14.8. The molecule has 0 saturated carbocycles. The van der Waals surface area contributed by atoms with E-state index < -0.39 is 0 Å². The lowest BCUT2D eigenvalue weighted by Crippen LogP contribution is -2.27. The van der Waals surface area contributed by atoms with Gasteiger partial charge in [-0.2, -0.15) is 0 Å². The van der Waals surface area contributed by atoms with Crippen LogP contribution in [0.5, 0.6) is 11.5 Å². The predicted molar refractivity (Wildman–Crippen MR) is 101 cm³/mol. The van der Waals surface area contributed by atoms with Gasteiger partial charge >= 0.3 is 0 Å². The number of rotatable bonds is 4. The number of aliphatic hydroxyl groups is 1. The average molecular weight is 355 g/mol. The first kappa shape index (κ1) is 16.4. The third kappa shape index (κ3) is 3.23. The van der Waals surface area contributed by atoms with Crippen LogP contribution in [-0.4, -0.2) is 41.4 Å². The molecular formula is C20H21NO3S. The Hall–Kier alpha value is -2.08. The summed E-state index contributed by atoms with van der Waals surface area (Å²) in [6, 6.07) is 12.3. The summed E-state index contributed by atoms with van der Waals surface area (Å²) >= 11 is 1.72. The molecule has 0 aliphatic carbocycles. The van der Waals surface area contributed by atoms with Crippen molar-refractivity contribution >= 4 is 21.4 Å². The van der Waals surface area contributed by atoms with Crippen LogP contribution < -0.4 is 4.74 Å². The zero-order chi connectivity index (χ0) is 17.2. The third-order valence-electron chi connectivity index (χ3n) is 4.62. The summed E-state index contributed by atoms with van der Waals surface area (Å²) in [6.45, 7) is 3.08. The lowest BCUT2D eigenvalue weighted by atomic mass is 10.0. The van der Waals surface area contributed by atoms with Gasteiger partial charge in [-0.15, -0.1) is 11.3 Å². The minimum atomic E-state index is 0.191. The molecule has 0 atom stereocenters. The number of nitrogens with zero attached hydrogens (tertiary/aromatic N) is 1. The molecule has 0 bridgehead atoms. The molecule has 1 aliphatic heterocycles. The van der Waals surface area contributed by atoms with Gasteiger partial charge in [0.25, 0.3) is 0 Å². The maximum absolute atomic E-state index is 10.5. The van der Waals surface area contributed by atoms with Crippen LogP contribution in [0, 0.1) is 0 Å². The number of hydrogen-bond donors (Lipinski definition) is 2. The summed E-state index contributed by atoms with van der Waals surface area (Å²) < 4.78 is 7.04. The molecule has 4 nitrogen and oxygen atoms in total. The first-order chi connectivity index (χ1) is 12.3. The van der Waals surface area contributed by atoms with Gasteiger partial charge in [-0.3, -0.25) is 4.90 Å². The molecule has 0 spiro atoms. The standard InChI is InChI=1S/C20H21NO3S/c22-8-3-6-21-7-9-24-20-15(12-21)10-14(11-18(20)23)17-13-25-19-5-2-1-4-16(17)19/h1-2,4-5,10-11,13,22-23H,3,6-9,12H2. The van der Waals surface area contributed by atoms with E-state index in [0.717, 1.165) is 42.7 Å². The van der Waals surface area contributed by atoms with Crippen LogP contribution >= 0.6 is 11.3 Å². The molecule has 5 heteroatoms. The Morgan fingerprint density at radius 3 is 2.96 bits per heavy atom. The molecule has 2 N–H and O–H groups in total. The summed E-state index contributed by atoms with van der Waals surface area (Å²) in [5, 5.41) is 22.9. The van der Waals surface area contributed by atoms with Crippen molar-refractivity contribution in [2.75, 3.05) is 26.3 Å². The summed E-state index contributed by atoms with van der Waals surface area (Å²) in [6.07, 6.45) is 0.746. The van der Waals surface area contributed by atoms with Crippen LogP contribution in [-0.2, 0) is 6.54 Å². The smallest absolute Gasteiger partial charge is 0.165 e. The van der Waals surface area contributed by atoms with E-state index in [-0.39, 0.29) is 12.4 Å². The Bertz CT molecular complexity index is 890. The topological polar surface area (TPSA) is 52.9 Å². The van der Waals surface area contributed by atoms with Crippen molar-refractivity contribution in [2.24, 2.45) is 0 Å². The van der Waals surface area contributed by atoms with Gasteiger partial charge in [-0.1, -0.05) is 18.2 Å². The van der Waals surface area contributed by atoms with Crippen molar-refractivity contribution in [2.45, 2.75) is 13.0 Å². The van der Waals surface area contributed by atoms with Crippen molar-refractivity contribution in [1.82, 2.24) is 4.90 Å². The van der Waals surface area contributed by atoms with Crippen molar-refractivity contribution in [3.05, 3.63) is 47.3 Å². The van der Waals surface area contributed by atoms with Crippen LogP contribution in [0.3, 0.4) is 0 Å². The van der Waals surface area contributed by atoms with E-state index in [2.05, 4.69) is 28.5 Å². The van der Waals surface area contributed by atoms with Gasteiger partial charge in [0.05, 0.1) is 0 Å². The second kappa shape index (κ2) is 7.04. The molecule has 0 unspecified atom stereocenters. The van der Waals surface area contributed by atoms with Gasteiger partial charge in [-0.25, -0.2) is 0 Å². The predicted octanol–water partition coefficient (Wildman–Crippen LogP) is 3.85. The highest BCUT2D eigenvalue weighted by molar-refractivity contribution is 7.17. The van der Waals surface area contributed by atoms with Gasteiger partial charge in [-0.05, 0) is 35.6 Å². The van der Waals surface area contributed by atoms with E-state index in [1.165, 1.54) is 10.1 Å². The lowest BCUT2D eigenvalue weighted by Gasteiger charge is -2.18. The second-order valence-electron chi connectivity index (χ2n) is 6.33. The van der Waals surface area contributed by atoms with Crippen LogP contribution in [0.25, 0.3) is 21.2 Å².